The Balaban J connectivity index is 1.85. The highest BCUT2D eigenvalue weighted by molar-refractivity contribution is 7.91. The smallest absolute Gasteiger partial charge is 0.321 e. The first-order valence-corrected chi connectivity index (χ1v) is 8.27. The zero-order chi connectivity index (χ0) is 15.3. The van der Waals surface area contributed by atoms with Gasteiger partial charge in [-0.3, -0.25) is 4.79 Å². The fraction of sp³-hybridized carbons (Fsp3) is 0.154. The molecule has 0 radical (unpaired) electrons. The van der Waals surface area contributed by atoms with E-state index < -0.39 is 28.4 Å². The molecule has 21 heavy (non-hydrogen) atoms. The van der Waals surface area contributed by atoms with E-state index in [9.17, 15) is 17.6 Å². The van der Waals surface area contributed by atoms with Gasteiger partial charge in [-0.15, -0.1) is 11.3 Å². The normalized spacial score (nSPS) is 11.3. The Labute approximate surface area is 125 Å². The van der Waals surface area contributed by atoms with E-state index in [1.165, 1.54) is 24.3 Å². The van der Waals surface area contributed by atoms with Crippen molar-refractivity contribution in [1.29, 1.82) is 0 Å². The number of halogens is 1. The first-order valence-electron chi connectivity index (χ1n) is 5.91. The molecule has 1 heterocycles. The summed E-state index contributed by atoms with van der Waals surface area (Å²) in [6, 6.07) is 8.90. The van der Waals surface area contributed by atoms with Gasteiger partial charge in [-0.2, -0.15) is 4.72 Å². The number of sulfonamides is 1. The molecule has 0 aliphatic carbocycles. The van der Waals surface area contributed by atoms with E-state index in [1.54, 1.807) is 17.5 Å². The zero-order valence-corrected chi connectivity index (χ0v) is 12.4. The highest BCUT2D eigenvalue weighted by atomic mass is 32.2. The monoisotopic (exact) mass is 329 g/mol. The van der Waals surface area contributed by atoms with Crippen molar-refractivity contribution in [2.75, 3.05) is 6.54 Å². The van der Waals surface area contributed by atoms with Gasteiger partial charge in [0, 0.05) is 5.56 Å². The van der Waals surface area contributed by atoms with Gasteiger partial charge in [-0.05, 0) is 17.5 Å². The molecule has 0 spiro atoms. The van der Waals surface area contributed by atoms with Crippen LogP contribution < -0.4 is 4.72 Å². The van der Waals surface area contributed by atoms with E-state index >= 15 is 0 Å². The molecule has 5 nitrogen and oxygen atoms in total. The summed E-state index contributed by atoms with van der Waals surface area (Å²) < 4.78 is 43.9. The van der Waals surface area contributed by atoms with Crippen molar-refractivity contribution in [1.82, 2.24) is 4.72 Å². The van der Waals surface area contributed by atoms with Gasteiger partial charge in [0.2, 0.25) is 0 Å². The molecule has 0 atom stereocenters. The number of carbonyl (C=O) groups is 1. The minimum absolute atomic E-state index is 0.115. The van der Waals surface area contributed by atoms with E-state index in [-0.39, 0.29) is 16.4 Å². The van der Waals surface area contributed by atoms with Crippen LogP contribution in [0.4, 0.5) is 4.39 Å². The average Bonchev–Trinajstić information content (AvgIpc) is 2.99. The van der Waals surface area contributed by atoms with E-state index in [2.05, 4.69) is 4.72 Å². The maximum atomic E-state index is 13.3. The van der Waals surface area contributed by atoms with Crippen LogP contribution in [0.25, 0.3) is 0 Å². The molecule has 1 N–H and O–H groups in total. The summed E-state index contributed by atoms with van der Waals surface area (Å²) in [6.45, 7) is -0.749. The molecule has 0 bridgehead atoms. The summed E-state index contributed by atoms with van der Waals surface area (Å²) >= 11 is 1.04. The number of ether oxygens (including phenoxy) is 1. The van der Waals surface area contributed by atoms with Gasteiger partial charge >= 0.3 is 5.97 Å². The molecule has 8 heteroatoms. The van der Waals surface area contributed by atoms with Crippen LogP contribution in [0.15, 0.2) is 46.0 Å². The lowest BCUT2D eigenvalue weighted by Crippen LogP contribution is -2.30. The Morgan fingerprint density at radius 2 is 2.00 bits per heavy atom. The van der Waals surface area contributed by atoms with Crippen LogP contribution in [-0.2, 0) is 26.2 Å². The second kappa shape index (κ2) is 6.79. The highest BCUT2D eigenvalue weighted by Crippen LogP contribution is 2.15. The number of hydrogen-bond donors (Lipinski definition) is 1. The lowest BCUT2D eigenvalue weighted by atomic mass is 10.2. The molecule has 1 aromatic heterocycles. The van der Waals surface area contributed by atoms with Crippen LogP contribution in [0.3, 0.4) is 0 Å². The molecule has 0 unspecified atom stereocenters. The van der Waals surface area contributed by atoms with Gasteiger partial charge in [0.25, 0.3) is 10.0 Å². The number of thiophene rings is 1. The third-order valence-corrected chi connectivity index (χ3v) is 5.31. The summed E-state index contributed by atoms with van der Waals surface area (Å²) in [4.78, 5) is 11.5. The SMILES string of the molecule is O=C(CNS(=O)(=O)c1cccs1)OCc1ccccc1F. The third kappa shape index (κ3) is 4.35. The number of rotatable bonds is 6. The largest absolute Gasteiger partial charge is 0.460 e. The second-order valence-electron chi connectivity index (χ2n) is 4.01. The van der Waals surface area contributed by atoms with Crippen molar-refractivity contribution in [2.45, 2.75) is 10.8 Å². The number of hydrogen-bond acceptors (Lipinski definition) is 5. The lowest BCUT2D eigenvalue weighted by molar-refractivity contribution is -0.143. The third-order valence-electron chi connectivity index (χ3n) is 2.51. The van der Waals surface area contributed by atoms with E-state index in [4.69, 9.17) is 4.74 Å². The maximum absolute atomic E-state index is 13.3. The van der Waals surface area contributed by atoms with Crippen molar-refractivity contribution >= 4 is 27.3 Å². The lowest BCUT2D eigenvalue weighted by Gasteiger charge is -2.07. The van der Waals surface area contributed by atoms with Crippen molar-refractivity contribution in [3.8, 4) is 0 Å². The minimum Gasteiger partial charge on any atom is -0.460 e. The molecule has 0 saturated heterocycles. The molecule has 0 fully saturated rings. The summed E-state index contributed by atoms with van der Waals surface area (Å²) in [5.74, 6) is -1.26. The van der Waals surface area contributed by atoms with Crippen molar-refractivity contribution < 1.29 is 22.3 Å². The number of benzene rings is 1. The Hall–Kier alpha value is -1.77. The molecule has 2 aromatic rings. The summed E-state index contributed by atoms with van der Waals surface area (Å²) in [6.07, 6.45) is 0. The van der Waals surface area contributed by atoms with Gasteiger partial charge in [0.15, 0.2) is 0 Å². The first kappa shape index (κ1) is 15.6. The number of carbonyl (C=O) groups excluding carboxylic acids is 1. The molecule has 0 amide bonds. The van der Waals surface area contributed by atoms with E-state index in [0.717, 1.165) is 11.3 Å². The van der Waals surface area contributed by atoms with Gasteiger partial charge < -0.3 is 4.74 Å². The van der Waals surface area contributed by atoms with Gasteiger partial charge in [0.1, 0.15) is 23.2 Å². The van der Waals surface area contributed by atoms with E-state index in [0.29, 0.717) is 0 Å². The standard InChI is InChI=1S/C13H12FNO4S2/c14-11-5-2-1-4-10(11)9-19-12(16)8-15-21(17,18)13-6-3-7-20-13/h1-7,15H,8-9H2. The fourth-order valence-corrected chi connectivity index (χ4v) is 3.47. The predicted octanol–water partition coefficient (Wildman–Crippen LogP) is 1.91. The maximum Gasteiger partial charge on any atom is 0.321 e. The Morgan fingerprint density at radius 3 is 2.67 bits per heavy atom. The van der Waals surface area contributed by atoms with Gasteiger partial charge in [-0.25, -0.2) is 12.8 Å². The minimum atomic E-state index is -3.71. The molecule has 1 aromatic carbocycles. The topological polar surface area (TPSA) is 72.5 Å². The Kier molecular flexibility index (Phi) is 5.05. The molecule has 2 rings (SSSR count). The summed E-state index contributed by atoms with van der Waals surface area (Å²) in [7, 11) is -3.71. The fourth-order valence-electron chi connectivity index (χ4n) is 1.47. The number of esters is 1. The van der Waals surface area contributed by atoms with Gasteiger partial charge in [-0.1, -0.05) is 24.3 Å². The van der Waals surface area contributed by atoms with Crippen LogP contribution in [0.5, 0.6) is 0 Å². The van der Waals surface area contributed by atoms with E-state index in [1.807, 2.05) is 0 Å². The number of nitrogens with one attached hydrogen (secondary N) is 1. The first-order chi connectivity index (χ1) is 9.99. The van der Waals surface area contributed by atoms with Crippen LogP contribution in [-0.4, -0.2) is 20.9 Å². The van der Waals surface area contributed by atoms with Crippen LogP contribution in [0.2, 0.25) is 0 Å². The second-order valence-corrected chi connectivity index (χ2v) is 6.95. The molecule has 0 aliphatic heterocycles. The highest BCUT2D eigenvalue weighted by Gasteiger charge is 2.17. The van der Waals surface area contributed by atoms with Crippen molar-refractivity contribution in [3.63, 3.8) is 0 Å². The summed E-state index contributed by atoms with van der Waals surface area (Å²) in [5.41, 5.74) is 0.229. The molecular weight excluding hydrogens is 317 g/mol. The van der Waals surface area contributed by atoms with Crippen LogP contribution in [0.1, 0.15) is 5.56 Å². The predicted molar refractivity (Wildman–Crippen MR) is 75.7 cm³/mol. The average molecular weight is 329 g/mol. The zero-order valence-electron chi connectivity index (χ0n) is 10.8. The summed E-state index contributed by atoms with van der Waals surface area (Å²) in [5, 5.41) is 1.62. The Bertz CT molecular complexity index is 714. The Morgan fingerprint density at radius 1 is 1.24 bits per heavy atom. The van der Waals surface area contributed by atoms with Gasteiger partial charge in [0.05, 0.1) is 0 Å². The van der Waals surface area contributed by atoms with Crippen molar-refractivity contribution in [2.24, 2.45) is 0 Å². The molecule has 112 valence electrons. The van der Waals surface area contributed by atoms with Crippen LogP contribution in [0, 0.1) is 5.82 Å². The van der Waals surface area contributed by atoms with Crippen molar-refractivity contribution in [3.05, 3.63) is 53.2 Å². The molecule has 0 aliphatic rings. The quantitative estimate of drug-likeness (QED) is 0.822. The van der Waals surface area contributed by atoms with Crippen LogP contribution >= 0.6 is 11.3 Å². The molecular formula is C13H12FNO4S2. The molecule has 0 saturated carbocycles.